The van der Waals surface area contributed by atoms with E-state index in [1.165, 1.54) is 32.1 Å². The highest BCUT2D eigenvalue weighted by Gasteiger charge is 1.95. The van der Waals surface area contributed by atoms with E-state index in [4.69, 9.17) is 0 Å². The molecule has 0 aromatic carbocycles. The molecule has 1 heterocycles. The van der Waals surface area contributed by atoms with Crippen molar-refractivity contribution in [3.8, 4) is 0 Å². The van der Waals surface area contributed by atoms with Crippen molar-refractivity contribution in [2.75, 3.05) is 0 Å². The summed E-state index contributed by atoms with van der Waals surface area (Å²) >= 11 is 0. The van der Waals surface area contributed by atoms with Gasteiger partial charge in [-0.1, -0.05) is 44.4 Å². The normalized spacial score (nSPS) is 10.4. The van der Waals surface area contributed by atoms with Gasteiger partial charge in [-0.2, -0.15) is 0 Å². The maximum absolute atomic E-state index is 4.00. The molecule has 0 saturated heterocycles. The minimum atomic E-state index is 0.860. The van der Waals surface area contributed by atoms with E-state index < -0.39 is 0 Å². The summed E-state index contributed by atoms with van der Waals surface area (Å²) in [6.45, 7) is 6.86. The molecule has 0 fully saturated rings. The molecule has 3 nitrogen and oxygen atoms in total. The largest absolute Gasteiger partial charge is 0.252 e. The second-order valence-corrected chi connectivity index (χ2v) is 3.52. The van der Waals surface area contributed by atoms with Gasteiger partial charge in [0, 0.05) is 6.54 Å². The van der Waals surface area contributed by atoms with Crippen molar-refractivity contribution in [1.29, 1.82) is 0 Å². The molecule has 0 N–H and O–H groups in total. The molecule has 1 rings (SSSR count). The zero-order chi connectivity index (χ0) is 10.2. The number of nitrogens with zero attached hydrogens (tertiary/aromatic N) is 3. The van der Waals surface area contributed by atoms with Gasteiger partial charge in [-0.25, -0.2) is 0 Å². The first-order chi connectivity index (χ1) is 6.86. The van der Waals surface area contributed by atoms with Gasteiger partial charge in [0.15, 0.2) is 0 Å². The van der Waals surface area contributed by atoms with Crippen molar-refractivity contribution in [2.24, 2.45) is 0 Å². The second-order valence-electron chi connectivity index (χ2n) is 3.52. The lowest BCUT2D eigenvalue weighted by atomic mass is 10.1. The Morgan fingerprint density at radius 1 is 1.36 bits per heavy atom. The van der Waals surface area contributed by atoms with Crippen LogP contribution in [-0.2, 0) is 6.54 Å². The van der Waals surface area contributed by atoms with Gasteiger partial charge < -0.3 is 0 Å². The van der Waals surface area contributed by atoms with Crippen molar-refractivity contribution >= 4 is 6.08 Å². The quantitative estimate of drug-likeness (QED) is 0.623. The molecule has 1 aromatic rings. The summed E-state index contributed by atoms with van der Waals surface area (Å²) in [4.78, 5) is 0. The second kappa shape index (κ2) is 6.35. The standard InChI is InChI=1S/C11H19N3/c1-3-5-6-7-8-9-14-10-11(4-2)12-13-14/h4,10H,2-3,5-9H2,1H3. The van der Waals surface area contributed by atoms with E-state index in [1.807, 2.05) is 10.9 Å². The molecule has 0 radical (unpaired) electrons. The minimum absolute atomic E-state index is 0.860. The Morgan fingerprint density at radius 3 is 2.79 bits per heavy atom. The molecule has 0 aliphatic carbocycles. The molecule has 78 valence electrons. The molecule has 3 heteroatoms. The van der Waals surface area contributed by atoms with Crippen LogP contribution in [0.4, 0.5) is 0 Å². The maximum atomic E-state index is 4.00. The average Bonchev–Trinajstić information content (AvgIpc) is 2.65. The molecule has 0 bridgehead atoms. The van der Waals surface area contributed by atoms with Gasteiger partial charge in [0.1, 0.15) is 5.69 Å². The number of hydrogen-bond donors (Lipinski definition) is 0. The molecule has 0 aliphatic heterocycles. The summed E-state index contributed by atoms with van der Waals surface area (Å²) < 4.78 is 1.89. The van der Waals surface area contributed by atoms with Crippen LogP contribution in [0.2, 0.25) is 0 Å². The maximum Gasteiger partial charge on any atom is 0.105 e. The van der Waals surface area contributed by atoms with Crippen molar-refractivity contribution in [1.82, 2.24) is 15.0 Å². The minimum Gasteiger partial charge on any atom is -0.252 e. The first-order valence-electron chi connectivity index (χ1n) is 5.39. The fourth-order valence-electron chi connectivity index (χ4n) is 1.39. The molecular formula is C11H19N3. The molecule has 0 saturated carbocycles. The fraction of sp³-hybridized carbons (Fsp3) is 0.636. The molecule has 0 aliphatic rings. The van der Waals surface area contributed by atoms with Crippen LogP contribution in [0.15, 0.2) is 12.8 Å². The van der Waals surface area contributed by atoms with Crippen LogP contribution in [0.5, 0.6) is 0 Å². The van der Waals surface area contributed by atoms with Crippen LogP contribution >= 0.6 is 0 Å². The van der Waals surface area contributed by atoms with Crippen molar-refractivity contribution in [3.05, 3.63) is 18.5 Å². The fourth-order valence-corrected chi connectivity index (χ4v) is 1.39. The lowest BCUT2D eigenvalue weighted by Crippen LogP contribution is -1.98. The Labute approximate surface area is 85.8 Å². The third-order valence-corrected chi connectivity index (χ3v) is 2.26. The van der Waals surface area contributed by atoms with Crippen LogP contribution in [0.25, 0.3) is 6.08 Å². The number of aromatic nitrogens is 3. The molecule has 0 unspecified atom stereocenters. The van der Waals surface area contributed by atoms with Crippen LogP contribution in [0.1, 0.15) is 44.7 Å². The lowest BCUT2D eigenvalue weighted by Gasteiger charge is -1.99. The number of rotatable bonds is 7. The van der Waals surface area contributed by atoms with E-state index in [-0.39, 0.29) is 0 Å². The van der Waals surface area contributed by atoms with Gasteiger partial charge in [0.25, 0.3) is 0 Å². The molecule has 14 heavy (non-hydrogen) atoms. The molecule has 0 atom stereocenters. The third-order valence-electron chi connectivity index (χ3n) is 2.26. The predicted octanol–water partition coefficient (Wildman–Crippen LogP) is 2.89. The van der Waals surface area contributed by atoms with Gasteiger partial charge in [0.05, 0.1) is 6.20 Å². The first-order valence-corrected chi connectivity index (χ1v) is 5.39. The van der Waals surface area contributed by atoms with Crippen molar-refractivity contribution in [2.45, 2.75) is 45.6 Å². The zero-order valence-corrected chi connectivity index (χ0v) is 8.95. The van der Waals surface area contributed by atoms with Crippen LogP contribution in [0, 0.1) is 0 Å². The van der Waals surface area contributed by atoms with Gasteiger partial charge >= 0.3 is 0 Å². The Balaban J connectivity index is 2.14. The highest BCUT2D eigenvalue weighted by Crippen LogP contribution is 2.04. The summed E-state index contributed by atoms with van der Waals surface area (Å²) in [5.41, 5.74) is 0.860. The average molecular weight is 193 g/mol. The highest BCUT2D eigenvalue weighted by atomic mass is 15.4. The predicted molar refractivity (Wildman–Crippen MR) is 58.9 cm³/mol. The van der Waals surface area contributed by atoms with Crippen LogP contribution in [0.3, 0.4) is 0 Å². The molecule has 1 aromatic heterocycles. The van der Waals surface area contributed by atoms with Gasteiger partial charge in [0.2, 0.25) is 0 Å². The van der Waals surface area contributed by atoms with E-state index in [1.54, 1.807) is 6.08 Å². The molecular weight excluding hydrogens is 174 g/mol. The Bertz CT molecular complexity index is 265. The van der Waals surface area contributed by atoms with Crippen molar-refractivity contribution in [3.63, 3.8) is 0 Å². The first kappa shape index (κ1) is 11.0. The smallest absolute Gasteiger partial charge is 0.105 e. The number of unbranched alkanes of at least 4 members (excludes halogenated alkanes) is 4. The Hall–Kier alpha value is -1.12. The monoisotopic (exact) mass is 193 g/mol. The highest BCUT2D eigenvalue weighted by molar-refractivity contribution is 5.38. The van der Waals surface area contributed by atoms with Gasteiger partial charge in [-0.05, 0) is 12.5 Å². The number of hydrogen-bond acceptors (Lipinski definition) is 2. The van der Waals surface area contributed by atoms with E-state index in [2.05, 4.69) is 23.8 Å². The van der Waals surface area contributed by atoms with Crippen molar-refractivity contribution < 1.29 is 0 Å². The van der Waals surface area contributed by atoms with Gasteiger partial charge in [-0.15, -0.1) is 5.10 Å². The topological polar surface area (TPSA) is 30.7 Å². The summed E-state index contributed by atoms with van der Waals surface area (Å²) in [5, 5.41) is 7.94. The van der Waals surface area contributed by atoms with E-state index in [9.17, 15) is 0 Å². The Morgan fingerprint density at radius 2 is 2.14 bits per heavy atom. The van der Waals surface area contributed by atoms with E-state index in [0.29, 0.717) is 0 Å². The summed E-state index contributed by atoms with van der Waals surface area (Å²) in [6, 6.07) is 0. The third kappa shape index (κ3) is 3.73. The SMILES string of the molecule is C=Cc1cn(CCCCCCC)nn1. The Kier molecular flexibility index (Phi) is 4.97. The lowest BCUT2D eigenvalue weighted by molar-refractivity contribution is 0.521. The molecule has 0 amide bonds. The zero-order valence-electron chi connectivity index (χ0n) is 8.95. The van der Waals surface area contributed by atoms with Crippen LogP contribution < -0.4 is 0 Å². The van der Waals surface area contributed by atoms with E-state index >= 15 is 0 Å². The number of aryl methyl sites for hydroxylation is 1. The van der Waals surface area contributed by atoms with E-state index in [0.717, 1.165) is 12.2 Å². The summed E-state index contributed by atoms with van der Waals surface area (Å²) in [7, 11) is 0. The van der Waals surface area contributed by atoms with Gasteiger partial charge in [-0.3, -0.25) is 4.68 Å². The summed E-state index contributed by atoms with van der Waals surface area (Å²) in [5.74, 6) is 0. The molecule has 0 spiro atoms. The summed E-state index contributed by atoms with van der Waals surface area (Å²) in [6.07, 6.45) is 10.1. The van der Waals surface area contributed by atoms with Crippen LogP contribution in [-0.4, -0.2) is 15.0 Å².